The van der Waals surface area contributed by atoms with Crippen molar-refractivity contribution in [2.24, 2.45) is 5.84 Å². The molecule has 1 heterocycles. The van der Waals surface area contributed by atoms with Gasteiger partial charge in [0.25, 0.3) is 0 Å². The summed E-state index contributed by atoms with van der Waals surface area (Å²) in [6.45, 7) is 2.00. The maximum Gasteiger partial charge on any atom is 0.0931 e. The van der Waals surface area contributed by atoms with Crippen LogP contribution < -0.4 is 11.3 Å². The molecule has 1 aromatic carbocycles. The van der Waals surface area contributed by atoms with Crippen molar-refractivity contribution >= 4 is 34.5 Å². The summed E-state index contributed by atoms with van der Waals surface area (Å²) in [5, 5.41) is 0.706. The van der Waals surface area contributed by atoms with E-state index in [2.05, 4.69) is 5.43 Å². The molecule has 0 aliphatic rings. The molecule has 0 amide bonds. The third-order valence-electron chi connectivity index (χ3n) is 2.51. The number of aryl methyl sites for hydroxylation is 1. The topological polar surface area (TPSA) is 38.0 Å². The number of hydrogen-bond donors (Lipinski definition) is 2. The zero-order chi connectivity index (χ0) is 12.4. The van der Waals surface area contributed by atoms with E-state index in [9.17, 15) is 0 Å². The Morgan fingerprint density at radius 2 is 2.00 bits per heavy atom. The summed E-state index contributed by atoms with van der Waals surface area (Å²) in [5.74, 6) is 5.61. The van der Waals surface area contributed by atoms with E-state index >= 15 is 0 Å². The van der Waals surface area contributed by atoms with Crippen molar-refractivity contribution in [3.63, 3.8) is 0 Å². The SMILES string of the molecule is Cc1ccc(C(NN)c2ccc(Cl)s2)c(Cl)c1. The average Bonchev–Trinajstić information content (AvgIpc) is 2.69. The van der Waals surface area contributed by atoms with Gasteiger partial charge in [-0.1, -0.05) is 35.3 Å². The van der Waals surface area contributed by atoms with Crippen LogP contribution in [0, 0.1) is 6.92 Å². The van der Waals surface area contributed by atoms with Gasteiger partial charge in [-0.25, -0.2) is 5.43 Å². The molecule has 5 heteroatoms. The number of halogens is 2. The van der Waals surface area contributed by atoms with Gasteiger partial charge in [-0.2, -0.15) is 0 Å². The molecule has 90 valence electrons. The van der Waals surface area contributed by atoms with Crippen LogP contribution in [0.5, 0.6) is 0 Å². The van der Waals surface area contributed by atoms with Gasteiger partial charge >= 0.3 is 0 Å². The van der Waals surface area contributed by atoms with Gasteiger partial charge in [0.1, 0.15) is 0 Å². The zero-order valence-electron chi connectivity index (χ0n) is 9.21. The van der Waals surface area contributed by atoms with Crippen molar-refractivity contribution < 1.29 is 0 Å². The lowest BCUT2D eigenvalue weighted by molar-refractivity contribution is 0.646. The van der Waals surface area contributed by atoms with E-state index in [1.165, 1.54) is 11.3 Å². The Labute approximate surface area is 114 Å². The van der Waals surface area contributed by atoms with Gasteiger partial charge in [0, 0.05) is 9.90 Å². The van der Waals surface area contributed by atoms with Gasteiger partial charge in [-0.3, -0.25) is 5.84 Å². The van der Waals surface area contributed by atoms with E-state index < -0.39 is 0 Å². The van der Waals surface area contributed by atoms with Crippen LogP contribution in [0.3, 0.4) is 0 Å². The van der Waals surface area contributed by atoms with E-state index in [4.69, 9.17) is 29.0 Å². The van der Waals surface area contributed by atoms with Crippen molar-refractivity contribution in [1.82, 2.24) is 5.43 Å². The Morgan fingerprint density at radius 3 is 2.53 bits per heavy atom. The summed E-state index contributed by atoms with van der Waals surface area (Å²) >= 11 is 13.7. The minimum absolute atomic E-state index is 0.124. The Bertz CT molecular complexity index is 525. The Kier molecular flexibility index (Phi) is 4.07. The maximum atomic E-state index is 6.24. The molecule has 0 radical (unpaired) electrons. The van der Waals surface area contributed by atoms with Crippen LogP contribution in [0.4, 0.5) is 0 Å². The number of nitrogens with one attached hydrogen (secondary N) is 1. The van der Waals surface area contributed by atoms with Crippen molar-refractivity contribution in [1.29, 1.82) is 0 Å². The molecule has 0 spiro atoms. The number of thiophene rings is 1. The summed E-state index contributed by atoms with van der Waals surface area (Å²) < 4.78 is 0.739. The fourth-order valence-electron chi connectivity index (χ4n) is 1.67. The molecule has 0 saturated heterocycles. The fourth-order valence-corrected chi connectivity index (χ4v) is 3.16. The third kappa shape index (κ3) is 2.81. The molecule has 0 bridgehead atoms. The highest BCUT2D eigenvalue weighted by atomic mass is 35.5. The molecule has 0 aliphatic heterocycles. The lowest BCUT2D eigenvalue weighted by Gasteiger charge is -2.16. The van der Waals surface area contributed by atoms with E-state index in [-0.39, 0.29) is 6.04 Å². The smallest absolute Gasteiger partial charge is 0.0931 e. The highest BCUT2D eigenvalue weighted by Gasteiger charge is 2.17. The van der Waals surface area contributed by atoms with Crippen molar-refractivity contribution in [3.05, 3.63) is 55.7 Å². The Morgan fingerprint density at radius 1 is 1.24 bits per heavy atom. The summed E-state index contributed by atoms with van der Waals surface area (Å²) in [7, 11) is 0. The summed E-state index contributed by atoms with van der Waals surface area (Å²) in [4.78, 5) is 1.04. The third-order valence-corrected chi connectivity index (χ3v) is 4.14. The lowest BCUT2D eigenvalue weighted by atomic mass is 10.0. The predicted molar refractivity (Wildman–Crippen MR) is 74.7 cm³/mol. The molecule has 0 saturated carbocycles. The molecule has 1 atom stereocenters. The summed E-state index contributed by atoms with van der Waals surface area (Å²) in [6, 6.07) is 9.61. The number of hydrazine groups is 1. The molecule has 0 aliphatic carbocycles. The van der Waals surface area contributed by atoms with E-state index in [1.54, 1.807) is 0 Å². The number of hydrogen-bond acceptors (Lipinski definition) is 3. The lowest BCUT2D eigenvalue weighted by Crippen LogP contribution is -2.28. The van der Waals surface area contributed by atoms with Gasteiger partial charge in [0.05, 0.1) is 10.4 Å². The molecule has 0 fully saturated rings. The van der Waals surface area contributed by atoms with E-state index in [0.29, 0.717) is 5.02 Å². The standard InChI is InChI=1S/C12H12Cl2N2S/c1-7-2-3-8(9(13)6-7)12(16-15)10-4-5-11(14)17-10/h2-6,12,16H,15H2,1H3. The van der Waals surface area contributed by atoms with Crippen LogP contribution in [-0.2, 0) is 0 Å². The first-order valence-electron chi connectivity index (χ1n) is 5.09. The summed E-state index contributed by atoms with van der Waals surface area (Å²) in [6.07, 6.45) is 0. The van der Waals surface area contributed by atoms with Gasteiger partial charge in [0.15, 0.2) is 0 Å². The fraction of sp³-hybridized carbons (Fsp3) is 0.167. The van der Waals surface area contributed by atoms with E-state index in [0.717, 1.165) is 20.3 Å². The van der Waals surface area contributed by atoms with Crippen LogP contribution in [0.1, 0.15) is 22.0 Å². The van der Waals surface area contributed by atoms with Gasteiger partial charge in [0.2, 0.25) is 0 Å². The zero-order valence-corrected chi connectivity index (χ0v) is 11.5. The highest BCUT2D eigenvalue weighted by molar-refractivity contribution is 7.16. The molecule has 2 aromatic rings. The van der Waals surface area contributed by atoms with Crippen molar-refractivity contribution in [2.45, 2.75) is 13.0 Å². The minimum atomic E-state index is -0.124. The predicted octanol–water partition coefficient (Wildman–Crippen LogP) is 3.92. The van der Waals surface area contributed by atoms with Crippen molar-refractivity contribution in [2.75, 3.05) is 0 Å². The van der Waals surface area contributed by atoms with Crippen LogP contribution >= 0.6 is 34.5 Å². The second-order valence-electron chi connectivity index (χ2n) is 3.77. The maximum absolute atomic E-state index is 6.24. The average molecular weight is 287 g/mol. The largest absolute Gasteiger partial charge is 0.271 e. The molecule has 2 rings (SSSR count). The van der Waals surface area contributed by atoms with Crippen LogP contribution in [0.25, 0.3) is 0 Å². The van der Waals surface area contributed by atoms with Crippen LogP contribution in [0.2, 0.25) is 9.36 Å². The molecular weight excluding hydrogens is 275 g/mol. The molecule has 17 heavy (non-hydrogen) atoms. The summed E-state index contributed by atoms with van der Waals surface area (Å²) in [5.41, 5.74) is 4.86. The van der Waals surface area contributed by atoms with Gasteiger partial charge in [-0.05, 0) is 36.2 Å². The van der Waals surface area contributed by atoms with Crippen LogP contribution in [-0.4, -0.2) is 0 Å². The number of nitrogens with two attached hydrogens (primary N) is 1. The minimum Gasteiger partial charge on any atom is -0.271 e. The van der Waals surface area contributed by atoms with Crippen LogP contribution in [0.15, 0.2) is 30.3 Å². The molecular formula is C12H12Cl2N2S. The molecule has 2 nitrogen and oxygen atoms in total. The second kappa shape index (κ2) is 5.38. The number of rotatable bonds is 3. The first-order valence-corrected chi connectivity index (χ1v) is 6.66. The Balaban J connectivity index is 2.42. The number of benzene rings is 1. The molecule has 1 aromatic heterocycles. The van der Waals surface area contributed by atoms with Crippen molar-refractivity contribution in [3.8, 4) is 0 Å². The first-order chi connectivity index (χ1) is 8.11. The van der Waals surface area contributed by atoms with Gasteiger partial charge in [-0.15, -0.1) is 11.3 Å². The molecule has 1 unspecified atom stereocenters. The normalized spacial score (nSPS) is 12.7. The van der Waals surface area contributed by atoms with E-state index in [1.807, 2.05) is 37.3 Å². The van der Waals surface area contributed by atoms with Gasteiger partial charge < -0.3 is 0 Å². The Hall–Kier alpha value is -0.580. The first kappa shape index (κ1) is 12.9. The second-order valence-corrected chi connectivity index (χ2v) is 5.92. The monoisotopic (exact) mass is 286 g/mol. The quantitative estimate of drug-likeness (QED) is 0.663. The molecule has 3 N–H and O–H groups in total. The highest BCUT2D eigenvalue weighted by Crippen LogP contribution is 2.33.